The van der Waals surface area contributed by atoms with Gasteiger partial charge in [0.2, 0.25) is 5.91 Å². The third-order valence-electron chi connectivity index (χ3n) is 4.31. The normalized spacial score (nSPS) is 10.5. The van der Waals surface area contributed by atoms with Crippen LogP contribution in [0.3, 0.4) is 0 Å². The number of carbonyl (C=O) groups excluding carboxylic acids is 2. The highest BCUT2D eigenvalue weighted by atomic mass is 35.5. The third-order valence-corrected chi connectivity index (χ3v) is 5.53. The Hall–Kier alpha value is -3.04. The lowest BCUT2D eigenvalue weighted by Crippen LogP contribution is -2.24. The standard InChI is InChI=1S/C21H22ClN5O3S/c1-3-27-18(12-23-20(29)14-5-4-6-17(11-14)30-2)25-26-21(27)31-13-19(28)24-16-9-7-15(22)8-10-16/h4-11H,3,12-13H2,1-2H3,(H,23,29)(H,24,28). The molecule has 1 aromatic heterocycles. The maximum absolute atomic E-state index is 12.4. The minimum atomic E-state index is -0.235. The second kappa shape index (κ2) is 10.8. The summed E-state index contributed by atoms with van der Waals surface area (Å²) in [5.41, 5.74) is 1.17. The van der Waals surface area contributed by atoms with Crippen LogP contribution in [0.4, 0.5) is 5.69 Å². The highest BCUT2D eigenvalue weighted by Gasteiger charge is 2.15. The molecule has 10 heteroatoms. The maximum atomic E-state index is 12.4. The van der Waals surface area contributed by atoms with Gasteiger partial charge in [-0.3, -0.25) is 9.59 Å². The van der Waals surface area contributed by atoms with Crippen molar-refractivity contribution >= 4 is 40.9 Å². The van der Waals surface area contributed by atoms with Crippen molar-refractivity contribution < 1.29 is 14.3 Å². The number of aromatic nitrogens is 3. The quantitative estimate of drug-likeness (QED) is 0.474. The van der Waals surface area contributed by atoms with E-state index in [9.17, 15) is 9.59 Å². The number of nitrogens with zero attached hydrogens (tertiary/aromatic N) is 3. The number of rotatable bonds is 9. The molecule has 0 unspecified atom stereocenters. The molecule has 8 nitrogen and oxygen atoms in total. The van der Waals surface area contributed by atoms with Crippen LogP contribution in [0, 0.1) is 0 Å². The van der Waals surface area contributed by atoms with Crippen LogP contribution < -0.4 is 15.4 Å². The lowest BCUT2D eigenvalue weighted by Gasteiger charge is -2.09. The molecule has 2 aromatic carbocycles. The Morgan fingerprint density at radius 3 is 2.65 bits per heavy atom. The van der Waals surface area contributed by atoms with E-state index in [-0.39, 0.29) is 24.1 Å². The second-order valence-electron chi connectivity index (χ2n) is 6.40. The zero-order valence-electron chi connectivity index (χ0n) is 17.1. The predicted molar refractivity (Wildman–Crippen MR) is 121 cm³/mol. The summed E-state index contributed by atoms with van der Waals surface area (Å²) in [6.07, 6.45) is 0. The van der Waals surface area contributed by atoms with Gasteiger partial charge in [0, 0.05) is 22.8 Å². The molecular formula is C21H22ClN5O3S. The number of halogens is 1. The number of anilines is 1. The largest absolute Gasteiger partial charge is 0.497 e. The van der Waals surface area contributed by atoms with Crippen molar-refractivity contribution in [1.29, 1.82) is 0 Å². The van der Waals surface area contributed by atoms with E-state index in [0.717, 1.165) is 0 Å². The van der Waals surface area contributed by atoms with Crippen molar-refractivity contribution in [3.63, 3.8) is 0 Å². The van der Waals surface area contributed by atoms with E-state index >= 15 is 0 Å². The summed E-state index contributed by atoms with van der Waals surface area (Å²) >= 11 is 7.13. The molecule has 0 saturated heterocycles. The van der Waals surface area contributed by atoms with Crippen LogP contribution in [-0.4, -0.2) is 39.4 Å². The zero-order chi connectivity index (χ0) is 22.2. The molecule has 31 heavy (non-hydrogen) atoms. The number of ether oxygens (including phenoxy) is 1. The zero-order valence-corrected chi connectivity index (χ0v) is 18.7. The van der Waals surface area contributed by atoms with Crippen LogP contribution >= 0.6 is 23.4 Å². The van der Waals surface area contributed by atoms with E-state index in [4.69, 9.17) is 16.3 Å². The topological polar surface area (TPSA) is 98.1 Å². The van der Waals surface area contributed by atoms with Gasteiger partial charge in [0.15, 0.2) is 11.0 Å². The first kappa shape index (κ1) is 22.6. The van der Waals surface area contributed by atoms with E-state index in [1.165, 1.54) is 11.8 Å². The van der Waals surface area contributed by atoms with Crippen LogP contribution in [0.15, 0.2) is 53.7 Å². The monoisotopic (exact) mass is 459 g/mol. The van der Waals surface area contributed by atoms with E-state index in [0.29, 0.717) is 39.5 Å². The molecule has 0 aliphatic carbocycles. The highest BCUT2D eigenvalue weighted by molar-refractivity contribution is 7.99. The molecule has 1 heterocycles. The number of methoxy groups -OCH3 is 1. The van der Waals surface area contributed by atoms with Crippen LogP contribution in [0.5, 0.6) is 5.75 Å². The summed E-state index contributed by atoms with van der Waals surface area (Å²) in [4.78, 5) is 24.6. The number of amides is 2. The Bertz CT molecular complexity index is 1060. The van der Waals surface area contributed by atoms with Gasteiger partial charge >= 0.3 is 0 Å². The number of thioether (sulfide) groups is 1. The first-order valence-corrected chi connectivity index (χ1v) is 10.9. The van der Waals surface area contributed by atoms with E-state index in [2.05, 4.69) is 20.8 Å². The van der Waals surface area contributed by atoms with Crippen LogP contribution in [0.1, 0.15) is 23.1 Å². The summed E-state index contributed by atoms with van der Waals surface area (Å²) in [7, 11) is 1.55. The molecule has 2 N–H and O–H groups in total. The summed E-state index contributed by atoms with van der Waals surface area (Å²) in [5.74, 6) is 1.00. The second-order valence-corrected chi connectivity index (χ2v) is 7.78. The Kier molecular flexibility index (Phi) is 7.91. The smallest absolute Gasteiger partial charge is 0.251 e. The predicted octanol–water partition coefficient (Wildman–Crippen LogP) is 3.62. The van der Waals surface area contributed by atoms with Crippen LogP contribution in [0.2, 0.25) is 5.02 Å². The Labute approximate surface area is 189 Å². The first-order chi connectivity index (χ1) is 15.0. The van der Waals surface area contributed by atoms with Gasteiger partial charge in [-0.2, -0.15) is 0 Å². The minimum absolute atomic E-state index is 0.161. The van der Waals surface area contributed by atoms with Gasteiger partial charge in [-0.1, -0.05) is 29.4 Å². The lowest BCUT2D eigenvalue weighted by molar-refractivity contribution is -0.113. The molecule has 0 aliphatic heterocycles. The van der Waals surface area contributed by atoms with Crippen molar-refractivity contribution in [3.8, 4) is 5.75 Å². The van der Waals surface area contributed by atoms with E-state index in [1.807, 2.05) is 11.5 Å². The fourth-order valence-electron chi connectivity index (χ4n) is 2.76. The summed E-state index contributed by atoms with van der Waals surface area (Å²) in [6.45, 7) is 2.78. The van der Waals surface area contributed by atoms with Crippen molar-refractivity contribution in [2.45, 2.75) is 25.2 Å². The summed E-state index contributed by atoms with van der Waals surface area (Å²) in [6, 6.07) is 13.8. The molecule has 162 valence electrons. The van der Waals surface area contributed by atoms with Gasteiger partial charge < -0.3 is 19.9 Å². The third kappa shape index (κ3) is 6.22. The average molecular weight is 460 g/mol. The first-order valence-electron chi connectivity index (χ1n) is 9.52. The minimum Gasteiger partial charge on any atom is -0.497 e. The number of hydrogen-bond donors (Lipinski definition) is 2. The van der Waals surface area contributed by atoms with Crippen molar-refractivity contribution in [2.24, 2.45) is 0 Å². The van der Waals surface area contributed by atoms with Crippen molar-refractivity contribution in [1.82, 2.24) is 20.1 Å². The molecule has 0 radical (unpaired) electrons. The molecule has 3 rings (SSSR count). The molecule has 0 fully saturated rings. The molecule has 0 spiro atoms. The molecular weight excluding hydrogens is 438 g/mol. The maximum Gasteiger partial charge on any atom is 0.251 e. The molecule has 0 atom stereocenters. The van der Waals surface area contributed by atoms with E-state index in [1.54, 1.807) is 55.6 Å². The van der Waals surface area contributed by atoms with Crippen LogP contribution in [0.25, 0.3) is 0 Å². The van der Waals surface area contributed by atoms with Gasteiger partial charge in [-0.25, -0.2) is 0 Å². The van der Waals surface area contributed by atoms with Gasteiger partial charge in [0.05, 0.1) is 19.4 Å². The van der Waals surface area contributed by atoms with E-state index < -0.39 is 0 Å². The fourth-order valence-corrected chi connectivity index (χ4v) is 3.71. The SMILES string of the molecule is CCn1c(CNC(=O)c2cccc(OC)c2)nnc1SCC(=O)Nc1ccc(Cl)cc1. The lowest BCUT2D eigenvalue weighted by atomic mass is 10.2. The Morgan fingerprint density at radius 1 is 1.16 bits per heavy atom. The number of hydrogen-bond acceptors (Lipinski definition) is 6. The van der Waals surface area contributed by atoms with Gasteiger partial charge in [0.25, 0.3) is 5.91 Å². The van der Waals surface area contributed by atoms with Crippen molar-refractivity contribution in [2.75, 3.05) is 18.2 Å². The molecule has 0 aliphatic rings. The highest BCUT2D eigenvalue weighted by Crippen LogP contribution is 2.19. The Morgan fingerprint density at radius 2 is 1.94 bits per heavy atom. The molecule has 0 bridgehead atoms. The van der Waals surface area contributed by atoms with Gasteiger partial charge in [0.1, 0.15) is 5.75 Å². The molecule has 2 amide bonds. The van der Waals surface area contributed by atoms with Gasteiger partial charge in [-0.15, -0.1) is 10.2 Å². The number of carbonyl (C=O) groups is 2. The molecule has 0 saturated carbocycles. The number of benzene rings is 2. The average Bonchev–Trinajstić information content (AvgIpc) is 3.19. The van der Waals surface area contributed by atoms with Crippen LogP contribution in [-0.2, 0) is 17.9 Å². The molecule has 3 aromatic rings. The van der Waals surface area contributed by atoms with Gasteiger partial charge in [-0.05, 0) is 49.4 Å². The summed E-state index contributed by atoms with van der Waals surface area (Å²) in [5, 5.41) is 15.2. The summed E-state index contributed by atoms with van der Waals surface area (Å²) < 4.78 is 7.02. The fraction of sp³-hybridized carbons (Fsp3) is 0.238. The Balaban J connectivity index is 1.56. The number of nitrogens with one attached hydrogen (secondary N) is 2. The van der Waals surface area contributed by atoms with Crippen molar-refractivity contribution in [3.05, 3.63) is 64.9 Å².